The molecule has 0 aliphatic rings. The molecule has 2 aromatic rings. The molecular weight excluding hydrogens is 357 g/mol. The maximum absolute atomic E-state index is 13.5. The van der Waals surface area contributed by atoms with Crippen molar-refractivity contribution in [2.75, 3.05) is 0 Å². The van der Waals surface area contributed by atoms with E-state index in [9.17, 15) is 4.32 Å². The van der Waals surface area contributed by atoms with Crippen LogP contribution in [0.25, 0.3) is 0 Å². The molecule has 0 N–H and O–H groups in total. The minimum Gasteiger partial charge on any atom is -0.498 e. The van der Waals surface area contributed by atoms with Crippen molar-refractivity contribution < 1.29 is 13.6 Å². The van der Waals surface area contributed by atoms with Crippen LogP contribution in [0.2, 0.25) is 0 Å². The second kappa shape index (κ2) is 7.38. The Morgan fingerprint density at radius 3 is 1.37 bits per heavy atom. The minimum atomic E-state index is -1.81. The standard InChI is InChI=1S/C14H14BFO2.HI/c1-11-3-7-13(8-4-11)17-15(16)18-14-9-5-12(2)6-10-14;/h3-10H,1-2H3;1H. The van der Waals surface area contributed by atoms with Crippen molar-refractivity contribution in [3.05, 3.63) is 59.7 Å². The zero-order chi connectivity index (χ0) is 13.0. The average Bonchev–Trinajstić information content (AvgIpc) is 2.35. The highest BCUT2D eigenvalue weighted by Crippen LogP contribution is 2.16. The SMILES string of the molecule is Cc1ccc(OB(F)Oc2ccc(C)cc2)cc1.I. The molecule has 0 radical (unpaired) electrons. The van der Waals surface area contributed by atoms with Crippen LogP contribution in [0, 0.1) is 13.8 Å². The van der Waals surface area contributed by atoms with Crippen molar-refractivity contribution in [1.29, 1.82) is 0 Å². The lowest BCUT2D eigenvalue weighted by molar-refractivity contribution is 0.359. The zero-order valence-corrected chi connectivity index (χ0v) is 13.1. The first-order valence-electron chi connectivity index (χ1n) is 5.74. The van der Waals surface area contributed by atoms with Crippen LogP contribution in [-0.2, 0) is 0 Å². The molecule has 2 rings (SSSR count). The molecule has 0 saturated heterocycles. The van der Waals surface area contributed by atoms with Gasteiger partial charge in [-0.05, 0) is 38.1 Å². The summed E-state index contributed by atoms with van der Waals surface area (Å²) in [6.45, 7) is 3.92. The Morgan fingerprint density at radius 2 is 1.05 bits per heavy atom. The van der Waals surface area contributed by atoms with E-state index in [2.05, 4.69) is 0 Å². The van der Waals surface area contributed by atoms with Crippen molar-refractivity contribution in [2.45, 2.75) is 13.8 Å². The van der Waals surface area contributed by atoms with E-state index in [-0.39, 0.29) is 24.0 Å². The summed E-state index contributed by atoms with van der Waals surface area (Å²) in [5.74, 6) is 0.889. The van der Waals surface area contributed by atoms with E-state index in [0.29, 0.717) is 11.5 Å². The van der Waals surface area contributed by atoms with Gasteiger partial charge in [-0.1, -0.05) is 35.4 Å². The third kappa shape index (κ3) is 5.10. The topological polar surface area (TPSA) is 18.5 Å². The number of rotatable bonds is 4. The van der Waals surface area contributed by atoms with Gasteiger partial charge in [0.05, 0.1) is 0 Å². The highest BCUT2D eigenvalue weighted by atomic mass is 127. The highest BCUT2D eigenvalue weighted by Gasteiger charge is 2.24. The van der Waals surface area contributed by atoms with E-state index >= 15 is 0 Å². The van der Waals surface area contributed by atoms with Gasteiger partial charge in [0.2, 0.25) is 0 Å². The van der Waals surface area contributed by atoms with Crippen molar-refractivity contribution in [2.24, 2.45) is 0 Å². The predicted molar refractivity (Wildman–Crippen MR) is 85.9 cm³/mol. The van der Waals surface area contributed by atoms with E-state index in [1.807, 2.05) is 38.1 Å². The quantitative estimate of drug-likeness (QED) is 0.588. The van der Waals surface area contributed by atoms with Crippen LogP contribution in [0.3, 0.4) is 0 Å². The lowest BCUT2D eigenvalue weighted by Crippen LogP contribution is -2.24. The van der Waals surface area contributed by atoms with E-state index in [0.717, 1.165) is 11.1 Å². The Morgan fingerprint density at radius 1 is 0.737 bits per heavy atom. The molecule has 0 spiro atoms. The largest absolute Gasteiger partial charge is 0.830 e. The Hall–Kier alpha value is -1.24. The summed E-state index contributed by atoms with van der Waals surface area (Å²) in [6, 6.07) is 14.3. The summed E-state index contributed by atoms with van der Waals surface area (Å²) in [5, 5.41) is 0. The van der Waals surface area contributed by atoms with Gasteiger partial charge in [-0.25, -0.2) is 4.32 Å². The van der Waals surface area contributed by atoms with Crippen molar-refractivity contribution in [3.8, 4) is 11.5 Å². The van der Waals surface area contributed by atoms with Crippen LogP contribution in [0.15, 0.2) is 48.5 Å². The van der Waals surface area contributed by atoms with Gasteiger partial charge in [-0.2, -0.15) is 0 Å². The van der Waals surface area contributed by atoms with E-state index in [1.54, 1.807) is 24.3 Å². The first-order valence-corrected chi connectivity index (χ1v) is 5.74. The summed E-state index contributed by atoms with van der Waals surface area (Å²) < 4.78 is 23.6. The molecule has 0 unspecified atom stereocenters. The van der Waals surface area contributed by atoms with E-state index in [4.69, 9.17) is 9.31 Å². The summed E-state index contributed by atoms with van der Waals surface area (Å²) in [5.41, 5.74) is 2.19. The summed E-state index contributed by atoms with van der Waals surface area (Å²) in [7, 11) is -1.81. The van der Waals surface area contributed by atoms with Crippen LogP contribution in [0.5, 0.6) is 11.5 Å². The molecule has 0 atom stereocenters. The number of benzene rings is 2. The molecule has 2 aromatic carbocycles. The Balaban J connectivity index is 0.00000180. The molecule has 0 bridgehead atoms. The molecule has 0 heterocycles. The molecule has 0 aliphatic carbocycles. The van der Waals surface area contributed by atoms with Gasteiger partial charge < -0.3 is 9.31 Å². The summed E-state index contributed by atoms with van der Waals surface area (Å²) >= 11 is 0. The number of aryl methyl sites for hydroxylation is 2. The van der Waals surface area contributed by atoms with Crippen molar-refractivity contribution >= 4 is 31.4 Å². The van der Waals surface area contributed by atoms with Gasteiger partial charge in [-0.3, -0.25) is 0 Å². The molecule has 0 aromatic heterocycles. The molecule has 0 fully saturated rings. The fraction of sp³-hybridized carbons (Fsp3) is 0.143. The lowest BCUT2D eigenvalue weighted by Gasteiger charge is -2.09. The highest BCUT2D eigenvalue weighted by molar-refractivity contribution is 14.0. The molecule has 0 amide bonds. The average molecular weight is 372 g/mol. The Labute approximate surface area is 130 Å². The van der Waals surface area contributed by atoms with Gasteiger partial charge in [0.15, 0.2) is 0 Å². The van der Waals surface area contributed by atoms with Gasteiger partial charge in [0, 0.05) is 0 Å². The Kier molecular flexibility index (Phi) is 6.14. The lowest BCUT2D eigenvalue weighted by atomic mass is 10.2. The second-order valence-corrected chi connectivity index (χ2v) is 4.14. The van der Waals surface area contributed by atoms with Gasteiger partial charge in [0.25, 0.3) is 0 Å². The third-order valence-corrected chi connectivity index (χ3v) is 2.50. The normalized spacial score (nSPS) is 9.42. The van der Waals surface area contributed by atoms with Crippen LogP contribution in [0.1, 0.15) is 11.1 Å². The van der Waals surface area contributed by atoms with E-state index < -0.39 is 7.40 Å². The fourth-order valence-electron chi connectivity index (χ4n) is 1.47. The van der Waals surface area contributed by atoms with Crippen molar-refractivity contribution in [3.63, 3.8) is 0 Å². The maximum atomic E-state index is 13.5. The molecular formula is C14H15BFIO2. The number of halogens is 2. The summed E-state index contributed by atoms with van der Waals surface area (Å²) in [4.78, 5) is 0. The molecule has 0 aliphatic heterocycles. The van der Waals surface area contributed by atoms with Gasteiger partial charge >= 0.3 is 7.40 Å². The second-order valence-electron chi connectivity index (χ2n) is 4.14. The first kappa shape index (κ1) is 15.8. The van der Waals surface area contributed by atoms with Crippen LogP contribution >= 0.6 is 24.0 Å². The fourth-order valence-corrected chi connectivity index (χ4v) is 1.47. The van der Waals surface area contributed by atoms with Crippen LogP contribution in [0.4, 0.5) is 4.32 Å². The van der Waals surface area contributed by atoms with Gasteiger partial charge in [-0.15, -0.1) is 24.0 Å². The van der Waals surface area contributed by atoms with Crippen molar-refractivity contribution in [1.82, 2.24) is 0 Å². The predicted octanol–water partition coefficient (Wildman–Crippen LogP) is 4.33. The number of hydrogen-bond donors (Lipinski definition) is 0. The maximum Gasteiger partial charge on any atom is 0.830 e. The molecule has 19 heavy (non-hydrogen) atoms. The third-order valence-electron chi connectivity index (χ3n) is 2.50. The molecule has 0 saturated carbocycles. The molecule has 5 heteroatoms. The number of hydrogen-bond acceptors (Lipinski definition) is 2. The monoisotopic (exact) mass is 372 g/mol. The minimum absolute atomic E-state index is 0. The smallest absolute Gasteiger partial charge is 0.498 e. The summed E-state index contributed by atoms with van der Waals surface area (Å²) in [6.07, 6.45) is 0. The molecule has 100 valence electrons. The van der Waals surface area contributed by atoms with E-state index in [1.165, 1.54) is 0 Å². The zero-order valence-electron chi connectivity index (χ0n) is 10.8. The Bertz CT molecular complexity index is 454. The molecule has 2 nitrogen and oxygen atoms in total. The van der Waals surface area contributed by atoms with Crippen LogP contribution < -0.4 is 9.31 Å². The van der Waals surface area contributed by atoms with Crippen LogP contribution in [-0.4, -0.2) is 7.40 Å². The first-order chi connectivity index (χ1) is 8.63. The van der Waals surface area contributed by atoms with Gasteiger partial charge in [0.1, 0.15) is 11.5 Å².